The zero-order chi connectivity index (χ0) is 13.7. The molecule has 2 atom stereocenters. The van der Waals surface area contributed by atoms with Gasteiger partial charge in [-0.2, -0.15) is 0 Å². The van der Waals surface area contributed by atoms with E-state index in [9.17, 15) is 9.90 Å². The third-order valence-corrected chi connectivity index (χ3v) is 5.13. The minimum absolute atomic E-state index is 0.145. The SMILES string of the molecule is N[C@@H]1CCC[C@H]1CC(=O)NCC1(CCO)CCCC1. The van der Waals surface area contributed by atoms with Gasteiger partial charge in [-0.15, -0.1) is 0 Å². The topological polar surface area (TPSA) is 75.4 Å². The number of carbonyl (C=O) groups is 1. The van der Waals surface area contributed by atoms with Crippen LogP contribution in [0.3, 0.4) is 0 Å². The van der Waals surface area contributed by atoms with Crippen molar-refractivity contribution in [2.75, 3.05) is 13.2 Å². The molecular formula is C15H28N2O2. The van der Waals surface area contributed by atoms with Gasteiger partial charge < -0.3 is 16.2 Å². The number of hydrogen-bond donors (Lipinski definition) is 3. The van der Waals surface area contributed by atoms with E-state index in [0.717, 1.165) is 45.1 Å². The summed E-state index contributed by atoms with van der Waals surface area (Å²) >= 11 is 0. The summed E-state index contributed by atoms with van der Waals surface area (Å²) in [6, 6.07) is 0.212. The smallest absolute Gasteiger partial charge is 0.220 e. The Morgan fingerprint density at radius 1 is 1.26 bits per heavy atom. The lowest BCUT2D eigenvalue weighted by molar-refractivity contribution is -0.122. The number of rotatable bonds is 6. The third kappa shape index (κ3) is 3.93. The molecule has 2 fully saturated rings. The van der Waals surface area contributed by atoms with Gasteiger partial charge in [0.1, 0.15) is 0 Å². The molecule has 4 nitrogen and oxygen atoms in total. The Hall–Kier alpha value is -0.610. The largest absolute Gasteiger partial charge is 0.396 e. The molecule has 0 aliphatic heterocycles. The molecule has 1 amide bonds. The first kappa shape index (κ1) is 14.8. The van der Waals surface area contributed by atoms with E-state index in [4.69, 9.17) is 5.73 Å². The number of carbonyl (C=O) groups excluding carboxylic acids is 1. The van der Waals surface area contributed by atoms with Crippen LogP contribution in [0, 0.1) is 11.3 Å². The maximum Gasteiger partial charge on any atom is 0.220 e. The molecule has 2 aliphatic carbocycles. The lowest BCUT2D eigenvalue weighted by Gasteiger charge is -2.28. The van der Waals surface area contributed by atoms with E-state index in [1.165, 1.54) is 12.8 Å². The van der Waals surface area contributed by atoms with Gasteiger partial charge in [0, 0.05) is 25.6 Å². The molecule has 2 saturated carbocycles. The number of amides is 1. The molecule has 2 rings (SSSR count). The lowest BCUT2D eigenvalue weighted by atomic mass is 9.83. The van der Waals surface area contributed by atoms with Crippen molar-refractivity contribution in [3.05, 3.63) is 0 Å². The van der Waals surface area contributed by atoms with E-state index >= 15 is 0 Å². The lowest BCUT2D eigenvalue weighted by Crippen LogP contribution is -2.38. The molecule has 0 heterocycles. The Bertz CT molecular complexity index is 301. The zero-order valence-electron chi connectivity index (χ0n) is 11.9. The highest BCUT2D eigenvalue weighted by atomic mass is 16.3. The summed E-state index contributed by atoms with van der Waals surface area (Å²) in [7, 11) is 0. The Morgan fingerprint density at radius 2 is 2.00 bits per heavy atom. The third-order valence-electron chi connectivity index (χ3n) is 5.13. The molecule has 0 saturated heterocycles. The highest BCUT2D eigenvalue weighted by Crippen LogP contribution is 2.40. The second-order valence-electron chi connectivity index (χ2n) is 6.52. The number of aliphatic hydroxyl groups is 1. The van der Waals surface area contributed by atoms with Crippen molar-refractivity contribution in [3.8, 4) is 0 Å². The fourth-order valence-electron chi connectivity index (χ4n) is 3.79. The molecule has 0 unspecified atom stereocenters. The number of hydrogen-bond acceptors (Lipinski definition) is 3. The first-order valence-corrected chi connectivity index (χ1v) is 7.78. The first-order valence-electron chi connectivity index (χ1n) is 7.78. The van der Waals surface area contributed by atoms with Gasteiger partial charge >= 0.3 is 0 Å². The maximum atomic E-state index is 12.0. The van der Waals surface area contributed by atoms with Crippen LogP contribution in [0.2, 0.25) is 0 Å². The summed E-state index contributed by atoms with van der Waals surface area (Å²) in [6.07, 6.45) is 9.43. The van der Waals surface area contributed by atoms with Crippen LogP contribution in [0.1, 0.15) is 57.8 Å². The summed E-state index contributed by atoms with van der Waals surface area (Å²) in [4.78, 5) is 12.0. The van der Waals surface area contributed by atoms with E-state index in [1.54, 1.807) is 0 Å². The van der Waals surface area contributed by atoms with E-state index < -0.39 is 0 Å². The van der Waals surface area contributed by atoms with Crippen LogP contribution in [0.25, 0.3) is 0 Å². The van der Waals surface area contributed by atoms with Crippen molar-refractivity contribution in [1.82, 2.24) is 5.32 Å². The molecule has 0 aromatic rings. The summed E-state index contributed by atoms with van der Waals surface area (Å²) < 4.78 is 0. The molecule has 0 aromatic heterocycles. The number of aliphatic hydroxyl groups excluding tert-OH is 1. The van der Waals surface area contributed by atoms with Crippen LogP contribution in [-0.4, -0.2) is 30.2 Å². The zero-order valence-corrected chi connectivity index (χ0v) is 11.9. The molecule has 2 aliphatic rings. The predicted octanol–water partition coefficient (Wildman–Crippen LogP) is 1.56. The van der Waals surface area contributed by atoms with Crippen LogP contribution in [-0.2, 0) is 4.79 Å². The van der Waals surface area contributed by atoms with Crippen molar-refractivity contribution >= 4 is 5.91 Å². The Kier molecular flexibility index (Phi) is 5.22. The molecule has 110 valence electrons. The van der Waals surface area contributed by atoms with Gasteiger partial charge in [0.2, 0.25) is 5.91 Å². The summed E-state index contributed by atoms with van der Waals surface area (Å²) in [5, 5.41) is 12.3. The van der Waals surface area contributed by atoms with Gasteiger partial charge in [-0.05, 0) is 43.4 Å². The van der Waals surface area contributed by atoms with E-state index in [-0.39, 0.29) is 24.0 Å². The van der Waals surface area contributed by atoms with Crippen LogP contribution >= 0.6 is 0 Å². The molecule has 0 bridgehead atoms. The Balaban J connectivity index is 1.75. The minimum Gasteiger partial charge on any atom is -0.396 e. The van der Waals surface area contributed by atoms with Gasteiger partial charge in [-0.25, -0.2) is 0 Å². The highest BCUT2D eigenvalue weighted by molar-refractivity contribution is 5.76. The standard InChI is InChI=1S/C15H28N2O2/c16-13-5-3-4-12(13)10-14(19)17-11-15(8-9-18)6-1-2-7-15/h12-13,18H,1-11,16H2,(H,17,19)/t12-,13+/m0/s1. The number of nitrogens with two attached hydrogens (primary N) is 1. The van der Waals surface area contributed by atoms with E-state index in [2.05, 4.69) is 5.32 Å². The summed E-state index contributed by atoms with van der Waals surface area (Å²) in [5.74, 6) is 0.518. The van der Waals surface area contributed by atoms with Crippen molar-refractivity contribution in [2.24, 2.45) is 17.1 Å². The normalized spacial score (nSPS) is 29.6. The maximum absolute atomic E-state index is 12.0. The second kappa shape index (κ2) is 6.71. The van der Waals surface area contributed by atoms with E-state index in [0.29, 0.717) is 12.3 Å². The summed E-state index contributed by atoms with van der Waals surface area (Å²) in [6.45, 7) is 0.956. The molecule has 4 heteroatoms. The fraction of sp³-hybridized carbons (Fsp3) is 0.933. The Morgan fingerprint density at radius 3 is 2.58 bits per heavy atom. The predicted molar refractivity (Wildman–Crippen MR) is 75.5 cm³/mol. The van der Waals surface area contributed by atoms with Gasteiger partial charge in [0.15, 0.2) is 0 Å². The molecular weight excluding hydrogens is 240 g/mol. The van der Waals surface area contributed by atoms with Gasteiger partial charge in [0.05, 0.1) is 0 Å². The molecule has 0 spiro atoms. The van der Waals surface area contributed by atoms with Gasteiger partial charge in [-0.3, -0.25) is 4.79 Å². The highest BCUT2D eigenvalue weighted by Gasteiger charge is 2.34. The van der Waals surface area contributed by atoms with Crippen molar-refractivity contribution in [2.45, 2.75) is 63.8 Å². The fourth-order valence-corrected chi connectivity index (χ4v) is 3.79. The van der Waals surface area contributed by atoms with Crippen LogP contribution in [0.4, 0.5) is 0 Å². The molecule has 4 N–H and O–H groups in total. The minimum atomic E-state index is 0.145. The number of nitrogens with one attached hydrogen (secondary N) is 1. The van der Waals surface area contributed by atoms with Gasteiger partial charge in [0.25, 0.3) is 0 Å². The Labute approximate surface area is 116 Å². The molecule has 19 heavy (non-hydrogen) atoms. The quantitative estimate of drug-likeness (QED) is 0.684. The average molecular weight is 268 g/mol. The van der Waals surface area contributed by atoms with E-state index in [1.807, 2.05) is 0 Å². The van der Waals surface area contributed by atoms with Crippen molar-refractivity contribution < 1.29 is 9.90 Å². The van der Waals surface area contributed by atoms with Crippen LogP contribution < -0.4 is 11.1 Å². The average Bonchev–Trinajstić information content (AvgIpc) is 2.99. The van der Waals surface area contributed by atoms with Gasteiger partial charge in [-0.1, -0.05) is 19.3 Å². The van der Waals surface area contributed by atoms with Crippen LogP contribution in [0.15, 0.2) is 0 Å². The molecule has 0 aromatic carbocycles. The summed E-state index contributed by atoms with van der Waals surface area (Å²) in [5.41, 5.74) is 6.16. The second-order valence-corrected chi connectivity index (χ2v) is 6.52. The monoisotopic (exact) mass is 268 g/mol. The molecule has 0 radical (unpaired) electrons. The first-order chi connectivity index (χ1) is 9.15. The van der Waals surface area contributed by atoms with Crippen molar-refractivity contribution in [1.29, 1.82) is 0 Å². The van der Waals surface area contributed by atoms with Crippen LogP contribution in [0.5, 0.6) is 0 Å². The van der Waals surface area contributed by atoms with Crippen molar-refractivity contribution in [3.63, 3.8) is 0 Å².